The molecule has 2 N–H and O–H groups in total. The van der Waals surface area contributed by atoms with Crippen molar-refractivity contribution in [2.45, 2.75) is 19.0 Å². The van der Waals surface area contributed by atoms with Gasteiger partial charge in [0.25, 0.3) is 0 Å². The van der Waals surface area contributed by atoms with Gasteiger partial charge in [0.15, 0.2) is 5.13 Å². The summed E-state index contributed by atoms with van der Waals surface area (Å²) in [7, 11) is 0. The first-order valence-electron chi connectivity index (χ1n) is 8.72. The number of hydrogen-bond acceptors (Lipinski definition) is 5. The van der Waals surface area contributed by atoms with E-state index in [4.69, 9.17) is 0 Å². The van der Waals surface area contributed by atoms with Gasteiger partial charge in [0.2, 0.25) is 11.8 Å². The number of carbonyl (C=O) groups excluding carboxylic acids is 2. The Morgan fingerprint density at radius 3 is 2.86 bits per heavy atom. The third kappa shape index (κ3) is 5.22. The number of rotatable bonds is 5. The van der Waals surface area contributed by atoms with Gasteiger partial charge < -0.3 is 15.5 Å². The Labute approximate surface area is 163 Å². The van der Waals surface area contributed by atoms with Crippen LogP contribution in [0.2, 0.25) is 0 Å². The number of amides is 2. The molecule has 1 unspecified atom stereocenters. The molecule has 28 heavy (non-hydrogen) atoms. The number of benzene rings is 1. The smallest absolute Gasteiger partial charge is 0.376 e. The molecular weight excluding hydrogens is 393 g/mol. The Kier molecular flexibility index (Phi) is 6.18. The lowest BCUT2D eigenvalue weighted by molar-refractivity contribution is -0.137. The van der Waals surface area contributed by atoms with Crippen LogP contribution in [0.5, 0.6) is 0 Å². The minimum atomic E-state index is -4.44. The molecule has 1 aromatic heterocycles. The average Bonchev–Trinajstić information content (AvgIpc) is 3.19. The molecule has 1 aliphatic heterocycles. The number of piperidine rings is 1. The molecule has 1 atom stereocenters. The predicted octanol–water partition coefficient (Wildman–Crippen LogP) is 3.45. The van der Waals surface area contributed by atoms with Crippen LogP contribution < -0.4 is 10.6 Å². The molecule has 6 nitrogen and oxygen atoms in total. The summed E-state index contributed by atoms with van der Waals surface area (Å²) in [5, 5.41) is 7.74. The van der Waals surface area contributed by atoms with Crippen LogP contribution in [0.1, 0.15) is 18.4 Å². The van der Waals surface area contributed by atoms with Gasteiger partial charge in [0, 0.05) is 30.4 Å². The zero-order valence-corrected chi connectivity index (χ0v) is 15.6. The van der Waals surface area contributed by atoms with Gasteiger partial charge >= 0.3 is 6.18 Å². The van der Waals surface area contributed by atoms with Crippen LogP contribution >= 0.6 is 11.3 Å². The van der Waals surface area contributed by atoms with Crippen molar-refractivity contribution in [3.8, 4) is 0 Å². The quantitative estimate of drug-likeness (QED) is 0.789. The van der Waals surface area contributed by atoms with Crippen molar-refractivity contribution in [1.29, 1.82) is 0 Å². The molecule has 0 bridgehead atoms. The number of aromatic nitrogens is 1. The molecule has 0 spiro atoms. The lowest BCUT2D eigenvalue weighted by Gasteiger charge is -2.32. The Balaban J connectivity index is 1.53. The molecule has 0 saturated carbocycles. The number of halogens is 3. The molecule has 1 aromatic carbocycles. The number of thiazole rings is 1. The van der Waals surface area contributed by atoms with Crippen molar-refractivity contribution in [3.05, 3.63) is 41.4 Å². The molecule has 1 fully saturated rings. The van der Waals surface area contributed by atoms with E-state index in [2.05, 4.69) is 15.6 Å². The lowest BCUT2D eigenvalue weighted by atomic mass is 9.97. The van der Waals surface area contributed by atoms with Gasteiger partial charge in [-0.2, -0.15) is 13.2 Å². The van der Waals surface area contributed by atoms with Crippen LogP contribution in [0.25, 0.3) is 0 Å². The van der Waals surface area contributed by atoms with Crippen LogP contribution in [-0.4, -0.2) is 41.3 Å². The molecule has 1 aliphatic rings. The predicted molar refractivity (Wildman–Crippen MR) is 100.0 cm³/mol. The summed E-state index contributed by atoms with van der Waals surface area (Å²) in [6.45, 7) is 0.659. The maximum atomic E-state index is 12.8. The molecule has 2 heterocycles. The minimum absolute atomic E-state index is 0.137. The van der Waals surface area contributed by atoms with Crippen molar-refractivity contribution in [2.24, 2.45) is 5.92 Å². The molecule has 10 heteroatoms. The highest BCUT2D eigenvalue weighted by molar-refractivity contribution is 7.13. The Bertz CT molecular complexity index is 826. The van der Waals surface area contributed by atoms with E-state index in [1.54, 1.807) is 16.5 Å². The van der Waals surface area contributed by atoms with Gasteiger partial charge in [0.05, 0.1) is 18.0 Å². The summed E-state index contributed by atoms with van der Waals surface area (Å²) in [6.07, 6.45) is -1.49. The normalized spacial score (nSPS) is 17.2. The highest BCUT2D eigenvalue weighted by Crippen LogP contribution is 2.30. The lowest BCUT2D eigenvalue weighted by Crippen LogP contribution is -2.45. The summed E-state index contributed by atoms with van der Waals surface area (Å²) < 4.78 is 38.3. The van der Waals surface area contributed by atoms with Crippen molar-refractivity contribution in [2.75, 3.05) is 30.3 Å². The van der Waals surface area contributed by atoms with Crippen molar-refractivity contribution in [1.82, 2.24) is 9.88 Å². The van der Waals surface area contributed by atoms with Gasteiger partial charge in [-0.15, -0.1) is 11.3 Å². The monoisotopic (exact) mass is 412 g/mol. The Morgan fingerprint density at radius 1 is 1.32 bits per heavy atom. The number of anilines is 2. The van der Waals surface area contributed by atoms with Crippen LogP contribution in [0, 0.1) is 5.92 Å². The van der Waals surface area contributed by atoms with Crippen molar-refractivity contribution < 1.29 is 22.8 Å². The van der Waals surface area contributed by atoms with Crippen LogP contribution in [0.3, 0.4) is 0 Å². The number of alkyl halides is 3. The molecule has 2 amide bonds. The Hall–Kier alpha value is -2.62. The van der Waals surface area contributed by atoms with Crippen molar-refractivity contribution >= 4 is 34.0 Å². The number of hydrogen-bond donors (Lipinski definition) is 2. The molecule has 2 aromatic rings. The summed E-state index contributed by atoms with van der Waals surface area (Å²) in [5.41, 5.74) is -0.555. The molecule has 0 radical (unpaired) electrons. The van der Waals surface area contributed by atoms with E-state index >= 15 is 0 Å². The zero-order valence-electron chi connectivity index (χ0n) is 14.8. The Morgan fingerprint density at radius 2 is 2.14 bits per heavy atom. The summed E-state index contributed by atoms with van der Waals surface area (Å²) in [6, 6.07) is 4.70. The van der Waals surface area contributed by atoms with E-state index in [1.165, 1.54) is 23.5 Å². The zero-order chi connectivity index (χ0) is 20.1. The van der Waals surface area contributed by atoms with E-state index < -0.39 is 11.7 Å². The fourth-order valence-electron chi connectivity index (χ4n) is 3.01. The van der Waals surface area contributed by atoms with Crippen LogP contribution in [-0.2, 0) is 15.8 Å². The van der Waals surface area contributed by atoms with Crippen LogP contribution in [0.15, 0.2) is 35.8 Å². The standard InChI is InChI=1S/C18H19F3N4O2S/c19-18(20,21)13-4-1-5-14(9-13)23-10-15(26)25-7-2-3-12(11-25)16(27)24-17-22-6-8-28-17/h1,4-6,8-9,12,23H,2-3,7,10-11H2,(H,22,24,27). The highest BCUT2D eigenvalue weighted by Gasteiger charge is 2.31. The van der Waals surface area contributed by atoms with E-state index in [-0.39, 0.29) is 36.5 Å². The fourth-order valence-corrected chi connectivity index (χ4v) is 3.54. The first-order chi connectivity index (χ1) is 13.3. The van der Waals surface area contributed by atoms with Gasteiger partial charge in [-0.05, 0) is 31.0 Å². The van der Waals surface area contributed by atoms with Crippen molar-refractivity contribution in [3.63, 3.8) is 0 Å². The number of likely N-dealkylation sites (tertiary alicyclic amines) is 1. The van der Waals surface area contributed by atoms with Gasteiger partial charge in [-0.25, -0.2) is 4.98 Å². The average molecular weight is 412 g/mol. The third-order valence-electron chi connectivity index (χ3n) is 4.44. The van der Waals surface area contributed by atoms with E-state index in [0.29, 0.717) is 24.5 Å². The summed E-state index contributed by atoms with van der Waals surface area (Å²) in [4.78, 5) is 30.4. The van der Waals surface area contributed by atoms with Crippen LogP contribution in [0.4, 0.5) is 24.0 Å². The highest BCUT2D eigenvalue weighted by atomic mass is 32.1. The first-order valence-corrected chi connectivity index (χ1v) is 9.60. The largest absolute Gasteiger partial charge is 0.416 e. The number of carbonyl (C=O) groups is 2. The molecular formula is C18H19F3N4O2S. The summed E-state index contributed by atoms with van der Waals surface area (Å²) in [5.74, 6) is -0.780. The first kappa shape index (κ1) is 20.1. The fraction of sp³-hybridized carbons (Fsp3) is 0.389. The second kappa shape index (κ2) is 8.59. The van der Waals surface area contributed by atoms with Gasteiger partial charge in [-0.1, -0.05) is 6.07 Å². The SMILES string of the molecule is O=C(Nc1nccs1)C1CCCN(C(=O)CNc2cccc(C(F)(F)F)c2)C1. The molecule has 3 rings (SSSR count). The summed E-state index contributed by atoms with van der Waals surface area (Å²) >= 11 is 1.32. The number of nitrogens with zero attached hydrogens (tertiary/aromatic N) is 2. The topological polar surface area (TPSA) is 74.3 Å². The third-order valence-corrected chi connectivity index (χ3v) is 5.13. The van der Waals surface area contributed by atoms with Gasteiger partial charge in [-0.3, -0.25) is 9.59 Å². The molecule has 0 aliphatic carbocycles. The molecule has 150 valence electrons. The van der Waals surface area contributed by atoms with E-state index in [9.17, 15) is 22.8 Å². The second-order valence-electron chi connectivity index (χ2n) is 6.44. The van der Waals surface area contributed by atoms with E-state index in [0.717, 1.165) is 12.1 Å². The molecule has 1 saturated heterocycles. The maximum absolute atomic E-state index is 12.8. The minimum Gasteiger partial charge on any atom is -0.376 e. The van der Waals surface area contributed by atoms with Gasteiger partial charge in [0.1, 0.15) is 0 Å². The van der Waals surface area contributed by atoms with E-state index in [1.807, 2.05) is 0 Å². The second-order valence-corrected chi connectivity index (χ2v) is 7.33. The number of nitrogens with one attached hydrogen (secondary N) is 2. The maximum Gasteiger partial charge on any atom is 0.416 e.